The lowest BCUT2D eigenvalue weighted by atomic mass is 9.82. The van der Waals surface area contributed by atoms with E-state index in [1.165, 1.54) is 0 Å². The maximum absolute atomic E-state index is 12.9. The molecule has 1 amide bonds. The van der Waals surface area contributed by atoms with Gasteiger partial charge in [-0.05, 0) is 24.8 Å². The van der Waals surface area contributed by atoms with Crippen LogP contribution < -0.4 is 5.32 Å². The summed E-state index contributed by atoms with van der Waals surface area (Å²) in [6, 6.07) is 1.06. The molecule has 6 heteroatoms. The van der Waals surface area contributed by atoms with Gasteiger partial charge < -0.3 is 10.4 Å². The van der Waals surface area contributed by atoms with E-state index in [9.17, 15) is 9.18 Å². The Hall–Kier alpha value is -1.20. The van der Waals surface area contributed by atoms with Crippen LogP contribution in [0.4, 0.5) is 4.39 Å². The predicted molar refractivity (Wildman–Crippen MR) is 60.3 cm³/mol. The van der Waals surface area contributed by atoms with Crippen molar-refractivity contribution in [1.82, 2.24) is 10.3 Å². The predicted octanol–water partition coefficient (Wildman–Crippen LogP) is 1.37. The molecule has 0 unspecified atom stereocenters. The Bertz CT molecular complexity index is 435. The Balaban J connectivity index is 1.92. The lowest BCUT2D eigenvalue weighted by Gasteiger charge is -2.31. The molecule has 2 N–H and O–H groups in total. The number of carbonyl (C=O) groups excluding carboxylic acids is 1. The summed E-state index contributed by atoms with van der Waals surface area (Å²) in [5.41, 5.74) is 0.0338. The van der Waals surface area contributed by atoms with Gasteiger partial charge in [-0.2, -0.15) is 0 Å². The van der Waals surface area contributed by atoms with Gasteiger partial charge in [0.05, 0.1) is 17.9 Å². The van der Waals surface area contributed by atoms with Gasteiger partial charge in [-0.25, -0.2) is 9.37 Å². The molecule has 4 nitrogen and oxygen atoms in total. The summed E-state index contributed by atoms with van der Waals surface area (Å²) >= 11 is 5.70. The molecule has 17 heavy (non-hydrogen) atoms. The Labute approximate surface area is 103 Å². The Morgan fingerprint density at radius 3 is 3.00 bits per heavy atom. The molecular weight excluding hydrogens is 247 g/mol. The van der Waals surface area contributed by atoms with E-state index in [1.807, 2.05) is 0 Å². The second-order valence-electron chi connectivity index (χ2n) is 4.19. The average Bonchev–Trinajstić information content (AvgIpc) is 2.26. The van der Waals surface area contributed by atoms with E-state index in [2.05, 4.69) is 10.3 Å². The molecule has 1 aliphatic carbocycles. The van der Waals surface area contributed by atoms with Gasteiger partial charge >= 0.3 is 0 Å². The third-order valence-corrected chi connectivity index (χ3v) is 3.11. The van der Waals surface area contributed by atoms with Crippen LogP contribution in [0.5, 0.6) is 0 Å². The summed E-state index contributed by atoms with van der Waals surface area (Å²) in [4.78, 5) is 15.2. The number of amides is 1. The summed E-state index contributed by atoms with van der Waals surface area (Å²) in [6.07, 6.45) is 2.09. The standard InChI is InChI=1S/C11H12ClFN2O2/c12-10-9(3-7(13)5-14-10)11(17)15-4-6-1-8(16)2-6/h3,5-6,8,16H,1-2,4H2,(H,15,17). The van der Waals surface area contributed by atoms with E-state index < -0.39 is 11.7 Å². The Morgan fingerprint density at radius 1 is 1.65 bits per heavy atom. The molecule has 0 bridgehead atoms. The van der Waals surface area contributed by atoms with Gasteiger partial charge in [0.1, 0.15) is 11.0 Å². The van der Waals surface area contributed by atoms with Crippen LogP contribution in [0, 0.1) is 11.7 Å². The first-order chi connectivity index (χ1) is 8.06. The zero-order valence-corrected chi connectivity index (χ0v) is 9.75. The van der Waals surface area contributed by atoms with Crippen molar-refractivity contribution in [3.8, 4) is 0 Å². The third kappa shape index (κ3) is 2.92. The van der Waals surface area contributed by atoms with E-state index >= 15 is 0 Å². The van der Waals surface area contributed by atoms with Crippen LogP contribution in [0.3, 0.4) is 0 Å². The van der Waals surface area contributed by atoms with Crippen molar-refractivity contribution in [2.45, 2.75) is 18.9 Å². The number of carbonyl (C=O) groups is 1. The maximum Gasteiger partial charge on any atom is 0.254 e. The molecule has 0 aliphatic heterocycles. The van der Waals surface area contributed by atoms with Crippen molar-refractivity contribution >= 4 is 17.5 Å². The first-order valence-corrected chi connectivity index (χ1v) is 5.71. The number of hydrogen-bond acceptors (Lipinski definition) is 3. The number of aromatic nitrogens is 1. The van der Waals surface area contributed by atoms with E-state index in [-0.39, 0.29) is 22.7 Å². The third-order valence-electron chi connectivity index (χ3n) is 2.81. The van der Waals surface area contributed by atoms with E-state index in [0.717, 1.165) is 12.3 Å². The van der Waals surface area contributed by atoms with Crippen LogP contribution in [-0.4, -0.2) is 28.6 Å². The molecule has 1 aromatic rings. The van der Waals surface area contributed by atoms with Crippen LogP contribution in [0.2, 0.25) is 5.15 Å². The number of nitrogens with one attached hydrogen (secondary N) is 1. The van der Waals surface area contributed by atoms with Crippen molar-refractivity contribution in [2.75, 3.05) is 6.54 Å². The van der Waals surface area contributed by atoms with Crippen LogP contribution in [0.25, 0.3) is 0 Å². The van der Waals surface area contributed by atoms with E-state index in [1.54, 1.807) is 0 Å². The summed E-state index contributed by atoms with van der Waals surface area (Å²) in [7, 11) is 0. The highest BCUT2D eigenvalue weighted by Gasteiger charge is 2.27. The molecule has 92 valence electrons. The number of pyridine rings is 1. The molecule has 1 aliphatic rings. The zero-order valence-electron chi connectivity index (χ0n) is 8.99. The molecular formula is C11H12ClFN2O2. The van der Waals surface area contributed by atoms with Crippen LogP contribution in [-0.2, 0) is 0 Å². The lowest BCUT2D eigenvalue weighted by molar-refractivity contribution is 0.0420. The van der Waals surface area contributed by atoms with E-state index in [4.69, 9.17) is 16.7 Å². The highest BCUT2D eigenvalue weighted by molar-refractivity contribution is 6.32. The first-order valence-electron chi connectivity index (χ1n) is 5.33. The summed E-state index contributed by atoms with van der Waals surface area (Å²) in [6.45, 7) is 0.461. The number of aliphatic hydroxyl groups excluding tert-OH is 1. The molecule has 2 rings (SSSR count). The Kier molecular flexibility index (Phi) is 3.59. The highest BCUT2D eigenvalue weighted by Crippen LogP contribution is 2.26. The average molecular weight is 259 g/mol. The minimum Gasteiger partial charge on any atom is -0.393 e. The van der Waals surface area contributed by atoms with Crippen LogP contribution in [0.1, 0.15) is 23.2 Å². The topological polar surface area (TPSA) is 62.2 Å². The Morgan fingerprint density at radius 2 is 2.35 bits per heavy atom. The summed E-state index contributed by atoms with van der Waals surface area (Å²) in [5, 5.41) is 11.7. The molecule has 1 saturated carbocycles. The fourth-order valence-corrected chi connectivity index (χ4v) is 1.97. The zero-order chi connectivity index (χ0) is 12.4. The second kappa shape index (κ2) is 4.98. The molecule has 0 spiro atoms. The van der Waals surface area contributed by atoms with Gasteiger partial charge in [-0.15, -0.1) is 0 Å². The molecule has 1 aromatic heterocycles. The first kappa shape index (κ1) is 12.3. The fourth-order valence-electron chi connectivity index (χ4n) is 1.78. The number of halogens is 2. The SMILES string of the molecule is O=C(NCC1CC(O)C1)c1cc(F)cnc1Cl. The molecule has 1 fully saturated rings. The van der Waals surface area contributed by atoms with Gasteiger partial charge in [-0.3, -0.25) is 4.79 Å². The lowest BCUT2D eigenvalue weighted by Crippen LogP contribution is -2.38. The van der Waals surface area contributed by atoms with Gasteiger partial charge in [-0.1, -0.05) is 11.6 Å². The smallest absolute Gasteiger partial charge is 0.254 e. The fraction of sp³-hybridized carbons (Fsp3) is 0.455. The van der Waals surface area contributed by atoms with Crippen LogP contribution >= 0.6 is 11.6 Å². The highest BCUT2D eigenvalue weighted by atomic mass is 35.5. The molecule has 0 radical (unpaired) electrons. The molecule has 0 aromatic carbocycles. The number of nitrogens with zero attached hydrogens (tertiary/aromatic N) is 1. The molecule has 0 atom stereocenters. The van der Waals surface area contributed by atoms with Crippen molar-refractivity contribution in [3.63, 3.8) is 0 Å². The number of hydrogen-bond donors (Lipinski definition) is 2. The monoisotopic (exact) mass is 258 g/mol. The minimum atomic E-state index is -0.599. The normalized spacial score (nSPS) is 23.0. The minimum absolute atomic E-state index is 0.0162. The van der Waals surface area contributed by atoms with Gasteiger partial charge in [0.2, 0.25) is 0 Å². The quantitative estimate of drug-likeness (QED) is 0.805. The van der Waals surface area contributed by atoms with Gasteiger partial charge in [0.15, 0.2) is 0 Å². The maximum atomic E-state index is 12.9. The van der Waals surface area contributed by atoms with Crippen molar-refractivity contribution in [3.05, 3.63) is 28.8 Å². The number of aliphatic hydroxyl groups is 1. The molecule has 0 saturated heterocycles. The largest absolute Gasteiger partial charge is 0.393 e. The van der Waals surface area contributed by atoms with Gasteiger partial charge in [0.25, 0.3) is 5.91 Å². The molecule has 1 heterocycles. The summed E-state index contributed by atoms with van der Waals surface area (Å²) in [5.74, 6) is -0.753. The van der Waals surface area contributed by atoms with E-state index in [0.29, 0.717) is 19.4 Å². The second-order valence-corrected chi connectivity index (χ2v) is 4.55. The summed E-state index contributed by atoms with van der Waals surface area (Å²) < 4.78 is 12.9. The van der Waals surface area contributed by atoms with Crippen molar-refractivity contribution in [1.29, 1.82) is 0 Å². The van der Waals surface area contributed by atoms with Crippen molar-refractivity contribution in [2.24, 2.45) is 5.92 Å². The number of rotatable bonds is 3. The van der Waals surface area contributed by atoms with Crippen molar-refractivity contribution < 1.29 is 14.3 Å². The van der Waals surface area contributed by atoms with Gasteiger partial charge in [0, 0.05) is 6.54 Å². The van der Waals surface area contributed by atoms with Crippen LogP contribution in [0.15, 0.2) is 12.3 Å².